The van der Waals surface area contributed by atoms with Crippen molar-refractivity contribution in [3.8, 4) is 0 Å². The summed E-state index contributed by atoms with van der Waals surface area (Å²) in [6.45, 7) is 9.60. The van der Waals surface area contributed by atoms with E-state index in [1.54, 1.807) is 13.8 Å². The Morgan fingerprint density at radius 3 is 2.38 bits per heavy atom. The van der Waals surface area contributed by atoms with Gasteiger partial charge in [0.05, 0.1) is 5.56 Å². The standard InChI is InChI=1S/C19H21N3O4/c1-8(2)6-9(3)7-10(4)12-11(5)19(26)21-14-13(12)16(23)15(22-20)18(25)17(14)24/h7-9H,6H2,1-5H3,(H-,21,23,25,26)/p+1/b10-7+/t9-/m1/s1. The molecule has 1 aliphatic rings. The Kier molecular flexibility index (Phi) is 5.26. The van der Waals surface area contributed by atoms with Crippen LogP contribution in [-0.4, -0.2) is 21.7 Å². The summed E-state index contributed by atoms with van der Waals surface area (Å²) >= 11 is 0. The monoisotopic (exact) mass is 356 g/mol. The number of nitrogens with zero attached hydrogens (tertiary/aromatic N) is 2. The van der Waals surface area contributed by atoms with Gasteiger partial charge in [-0.1, -0.05) is 26.8 Å². The summed E-state index contributed by atoms with van der Waals surface area (Å²) in [5, 5.41) is 19.5. The number of carbonyl (C=O) groups is 2. The number of hydrogen-bond donors (Lipinski definition) is 2. The number of carbonyl (C=O) groups excluding carboxylic acids is 2. The summed E-state index contributed by atoms with van der Waals surface area (Å²) < 4.78 is 0. The molecule has 136 valence electrons. The van der Waals surface area contributed by atoms with E-state index >= 15 is 0 Å². The number of nitrogens with one attached hydrogen (secondary N) is 1. The molecule has 2 rings (SSSR count). The lowest BCUT2D eigenvalue weighted by Crippen LogP contribution is -2.29. The first-order valence-electron chi connectivity index (χ1n) is 8.43. The second-order valence-electron chi connectivity index (χ2n) is 7.12. The molecule has 1 aliphatic carbocycles. The van der Waals surface area contributed by atoms with Crippen LogP contribution >= 0.6 is 0 Å². The maximum atomic E-state index is 12.3. The summed E-state index contributed by atoms with van der Waals surface area (Å²) in [6, 6.07) is 0. The van der Waals surface area contributed by atoms with Crippen molar-refractivity contribution in [2.75, 3.05) is 0 Å². The zero-order chi connectivity index (χ0) is 19.8. The third kappa shape index (κ3) is 3.23. The molecule has 26 heavy (non-hydrogen) atoms. The predicted molar refractivity (Wildman–Crippen MR) is 98.0 cm³/mol. The van der Waals surface area contributed by atoms with Crippen molar-refractivity contribution in [2.24, 2.45) is 11.8 Å². The zero-order valence-electron chi connectivity index (χ0n) is 15.5. The van der Waals surface area contributed by atoms with E-state index in [1.807, 2.05) is 13.0 Å². The van der Waals surface area contributed by atoms with E-state index in [2.05, 4.69) is 23.8 Å². The van der Waals surface area contributed by atoms with Crippen LogP contribution in [0.4, 0.5) is 0 Å². The maximum Gasteiger partial charge on any atom is 0.477 e. The van der Waals surface area contributed by atoms with Gasteiger partial charge in [0.15, 0.2) is 4.98 Å². The van der Waals surface area contributed by atoms with E-state index in [9.17, 15) is 19.5 Å². The van der Waals surface area contributed by atoms with Gasteiger partial charge in [-0.25, -0.2) is 0 Å². The van der Waals surface area contributed by atoms with Crippen molar-refractivity contribution in [3.63, 3.8) is 0 Å². The molecule has 0 amide bonds. The SMILES string of the molecule is C/C(=C\[C@H](C)CC(C)C)c1c2c([nH]c(=O)c1C)C(=O)C(=O)C([N+]#N)=C2O. The Labute approximate surface area is 151 Å². The van der Waals surface area contributed by atoms with Gasteiger partial charge < -0.3 is 10.1 Å². The van der Waals surface area contributed by atoms with Crippen LogP contribution < -0.4 is 5.56 Å². The van der Waals surface area contributed by atoms with Crippen molar-refractivity contribution in [1.29, 1.82) is 5.39 Å². The molecule has 0 bridgehead atoms. The smallest absolute Gasteiger partial charge is 0.477 e. The van der Waals surface area contributed by atoms with Crippen LogP contribution in [0.5, 0.6) is 0 Å². The first kappa shape index (κ1) is 19.3. The molecule has 7 nitrogen and oxygen atoms in total. The fourth-order valence-corrected chi connectivity index (χ4v) is 3.46. The first-order valence-corrected chi connectivity index (χ1v) is 8.43. The molecule has 0 aliphatic heterocycles. The molecule has 1 heterocycles. The number of aliphatic hydroxyl groups is 1. The summed E-state index contributed by atoms with van der Waals surface area (Å²) in [7, 11) is 0. The fourth-order valence-electron chi connectivity index (χ4n) is 3.46. The van der Waals surface area contributed by atoms with E-state index in [1.165, 1.54) is 0 Å². The summed E-state index contributed by atoms with van der Waals surface area (Å²) in [5.41, 5.74) is -0.123. The number of rotatable bonds is 4. The van der Waals surface area contributed by atoms with Gasteiger partial charge in [-0.05, 0) is 43.2 Å². The minimum absolute atomic E-state index is 0.0185. The summed E-state index contributed by atoms with van der Waals surface area (Å²) in [6.07, 6.45) is 2.89. The molecule has 0 spiro atoms. The number of allylic oxidation sites excluding steroid dienone is 3. The van der Waals surface area contributed by atoms with E-state index in [0.717, 1.165) is 6.42 Å². The Morgan fingerprint density at radius 2 is 1.85 bits per heavy atom. The topological polar surface area (TPSA) is 115 Å². The molecule has 0 saturated carbocycles. The number of pyridine rings is 1. The molecular formula is C19H22N3O4+. The number of hydrogen-bond acceptors (Lipinski definition) is 5. The number of Topliss-reactive ketones (excluding diaryl/α,β-unsaturated/α-hetero) is 2. The first-order chi connectivity index (χ1) is 12.1. The normalized spacial score (nSPS) is 16.0. The number of ketones is 2. The van der Waals surface area contributed by atoms with Crippen LogP contribution in [0.25, 0.3) is 16.3 Å². The molecule has 0 unspecified atom stereocenters. The van der Waals surface area contributed by atoms with Crippen molar-refractivity contribution < 1.29 is 14.7 Å². The minimum atomic E-state index is -1.17. The van der Waals surface area contributed by atoms with Gasteiger partial charge in [0, 0.05) is 5.56 Å². The third-order valence-corrected chi connectivity index (χ3v) is 4.44. The molecule has 0 aromatic carbocycles. The number of H-pyrrole nitrogens is 1. The Bertz CT molecular complexity index is 958. The minimum Gasteiger partial charge on any atom is -0.501 e. The molecule has 0 fully saturated rings. The number of aliphatic hydroxyl groups excluding tert-OH is 1. The number of fused-ring (bicyclic) bond motifs is 1. The largest absolute Gasteiger partial charge is 0.501 e. The number of aromatic amines is 1. The van der Waals surface area contributed by atoms with Gasteiger partial charge in [0.2, 0.25) is 11.2 Å². The average Bonchev–Trinajstić information content (AvgIpc) is 2.54. The van der Waals surface area contributed by atoms with Crippen LogP contribution in [0.1, 0.15) is 61.3 Å². The van der Waals surface area contributed by atoms with Crippen LogP contribution in [-0.2, 0) is 4.79 Å². The van der Waals surface area contributed by atoms with Gasteiger partial charge in [0.25, 0.3) is 11.3 Å². The van der Waals surface area contributed by atoms with Gasteiger partial charge in [0.1, 0.15) is 5.69 Å². The highest BCUT2D eigenvalue weighted by molar-refractivity contribution is 6.52. The van der Waals surface area contributed by atoms with Crippen molar-refractivity contribution in [3.05, 3.63) is 49.5 Å². The maximum absolute atomic E-state index is 12.3. The molecule has 1 aromatic rings. The Morgan fingerprint density at radius 1 is 1.23 bits per heavy atom. The van der Waals surface area contributed by atoms with E-state index < -0.39 is 28.6 Å². The second kappa shape index (κ2) is 7.08. The highest BCUT2D eigenvalue weighted by Crippen LogP contribution is 2.34. The molecule has 7 heteroatoms. The fraction of sp³-hybridized carbons (Fsp3) is 0.421. The lowest BCUT2D eigenvalue weighted by atomic mass is 9.86. The van der Waals surface area contributed by atoms with E-state index in [0.29, 0.717) is 22.6 Å². The van der Waals surface area contributed by atoms with Crippen molar-refractivity contribution in [2.45, 2.75) is 41.0 Å². The van der Waals surface area contributed by atoms with E-state index in [-0.39, 0.29) is 17.2 Å². The summed E-state index contributed by atoms with van der Waals surface area (Å²) in [5.74, 6) is -2.12. The molecule has 1 aromatic heterocycles. The second-order valence-corrected chi connectivity index (χ2v) is 7.12. The third-order valence-electron chi connectivity index (χ3n) is 4.44. The zero-order valence-corrected chi connectivity index (χ0v) is 15.5. The van der Waals surface area contributed by atoms with Gasteiger partial charge in [-0.3, -0.25) is 14.4 Å². The predicted octanol–water partition coefficient (Wildman–Crippen LogP) is 3.61. The van der Waals surface area contributed by atoms with Crippen molar-refractivity contribution >= 4 is 22.9 Å². The average molecular weight is 356 g/mol. The number of aromatic nitrogens is 1. The Hall–Kier alpha value is -3.01. The highest BCUT2D eigenvalue weighted by atomic mass is 16.3. The summed E-state index contributed by atoms with van der Waals surface area (Å²) in [4.78, 5) is 41.6. The van der Waals surface area contributed by atoms with Gasteiger partial charge >= 0.3 is 11.5 Å². The highest BCUT2D eigenvalue weighted by Gasteiger charge is 2.44. The van der Waals surface area contributed by atoms with Crippen LogP contribution in [0.2, 0.25) is 0 Å². The van der Waals surface area contributed by atoms with E-state index in [4.69, 9.17) is 5.39 Å². The van der Waals surface area contributed by atoms with Crippen molar-refractivity contribution in [1.82, 2.24) is 4.98 Å². The lowest BCUT2D eigenvalue weighted by molar-refractivity contribution is -0.111. The molecular weight excluding hydrogens is 334 g/mol. The van der Waals surface area contributed by atoms with Gasteiger partial charge in [-0.15, -0.1) is 0 Å². The lowest BCUT2D eigenvalue weighted by Gasteiger charge is -2.18. The molecule has 0 saturated heterocycles. The van der Waals surface area contributed by atoms with Crippen LogP contribution in [0.3, 0.4) is 0 Å². The van der Waals surface area contributed by atoms with Crippen LogP contribution in [0, 0.1) is 24.2 Å². The van der Waals surface area contributed by atoms with Crippen LogP contribution in [0.15, 0.2) is 16.6 Å². The molecule has 2 N–H and O–H groups in total. The quantitative estimate of drug-likeness (QED) is 0.631. The van der Waals surface area contributed by atoms with Gasteiger partial charge in [-0.2, -0.15) is 0 Å². The number of diazo groups is 1. The molecule has 1 atom stereocenters. The molecule has 0 radical (unpaired) electrons. The Balaban J connectivity index is 2.81.